The van der Waals surface area contributed by atoms with Gasteiger partial charge in [0, 0.05) is 28.6 Å². The summed E-state index contributed by atoms with van der Waals surface area (Å²) in [6.07, 6.45) is 6.71. The molecule has 0 radical (unpaired) electrons. The van der Waals surface area contributed by atoms with E-state index in [1.165, 1.54) is 31.2 Å². The summed E-state index contributed by atoms with van der Waals surface area (Å²) in [7, 11) is 0. The second-order valence-electron chi connectivity index (χ2n) is 8.73. The number of halogens is 2. The van der Waals surface area contributed by atoms with E-state index in [9.17, 15) is 0 Å². The molecule has 1 saturated heterocycles. The first-order chi connectivity index (χ1) is 15.5. The van der Waals surface area contributed by atoms with Crippen LogP contribution in [0, 0.1) is 13.8 Å². The zero-order valence-electron chi connectivity index (χ0n) is 18.2. The van der Waals surface area contributed by atoms with Gasteiger partial charge in [-0.1, -0.05) is 42.1 Å². The lowest BCUT2D eigenvalue weighted by molar-refractivity contribution is 0.245. The number of nitrogens with zero attached hydrogens (tertiary/aromatic N) is 3. The highest BCUT2D eigenvalue weighted by atomic mass is 35.5. The molecule has 0 spiro atoms. The van der Waals surface area contributed by atoms with E-state index in [0.29, 0.717) is 16.1 Å². The first-order valence-corrected chi connectivity index (χ1v) is 12.3. The molecular formula is C25H26Cl2N4S. The van der Waals surface area contributed by atoms with Crippen LogP contribution in [0.1, 0.15) is 60.4 Å². The zero-order valence-corrected chi connectivity index (χ0v) is 20.5. The summed E-state index contributed by atoms with van der Waals surface area (Å²) in [5.41, 5.74) is 5.49. The molecule has 2 aliphatic rings. The van der Waals surface area contributed by atoms with Crippen LogP contribution in [0.4, 0.5) is 0 Å². The minimum absolute atomic E-state index is 0.000982. The summed E-state index contributed by atoms with van der Waals surface area (Å²) >= 11 is 18.6. The Bertz CT molecular complexity index is 1150. The maximum absolute atomic E-state index is 6.60. The Labute approximate surface area is 204 Å². The molecule has 2 fully saturated rings. The number of thiocarbonyl (C=S) groups is 1. The molecule has 2 atom stereocenters. The van der Waals surface area contributed by atoms with Gasteiger partial charge < -0.3 is 14.8 Å². The van der Waals surface area contributed by atoms with Crippen LogP contribution in [0.5, 0.6) is 0 Å². The van der Waals surface area contributed by atoms with Gasteiger partial charge in [-0.25, -0.2) is 0 Å². The maximum Gasteiger partial charge on any atom is 0.170 e. The average Bonchev–Trinajstić information content (AvgIpc) is 3.47. The molecule has 1 aromatic carbocycles. The van der Waals surface area contributed by atoms with Crippen molar-refractivity contribution in [2.24, 2.45) is 0 Å². The van der Waals surface area contributed by atoms with Gasteiger partial charge in [0.15, 0.2) is 5.11 Å². The number of aromatic nitrogens is 2. The van der Waals surface area contributed by atoms with E-state index in [-0.39, 0.29) is 12.1 Å². The molecule has 3 heterocycles. The number of aryl methyl sites for hydroxylation is 1. The molecule has 2 aromatic heterocycles. The number of benzene rings is 1. The van der Waals surface area contributed by atoms with Crippen molar-refractivity contribution in [3.05, 3.63) is 81.4 Å². The summed E-state index contributed by atoms with van der Waals surface area (Å²) in [5, 5.41) is 5.70. The molecule has 0 unspecified atom stereocenters. The fourth-order valence-corrected chi connectivity index (χ4v) is 6.28. The average molecular weight is 485 g/mol. The first kappa shape index (κ1) is 21.7. The lowest BCUT2D eigenvalue weighted by Crippen LogP contribution is -2.37. The molecule has 0 amide bonds. The number of pyridine rings is 1. The smallest absolute Gasteiger partial charge is 0.170 e. The quantitative estimate of drug-likeness (QED) is 0.417. The molecule has 4 nitrogen and oxygen atoms in total. The highest BCUT2D eigenvalue weighted by Gasteiger charge is 2.44. The predicted octanol–water partition coefficient (Wildman–Crippen LogP) is 6.71. The summed E-state index contributed by atoms with van der Waals surface area (Å²) in [5.74, 6) is 0. The van der Waals surface area contributed by atoms with Crippen LogP contribution in [0.3, 0.4) is 0 Å². The minimum atomic E-state index is -0.000982. The maximum atomic E-state index is 6.60. The Balaban J connectivity index is 1.65. The van der Waals surface area contributed by atoms with Gasteiger partial charge in [-0.2, -0.15) is 0 Å². The second-order valence-corrected chi connectivity index (χ2v) is 9.96. The molecule has 5 rings (SSSR count). The molecule has 7 heteroatoms. The topological polar surface area (TPSA) is 33.1 Å². The third kappa shape index (κ3) is 3.70. The lowest BCUT2D eigenvalue weighted by Gasteiger charge is -2.33. The van der Waals surface area contributed by atoms with Gasteiger partial charge in [-0.3, -0.25) is 4.98 Å². The number of nitrogens with one attached hydrogen (secondary N) is 1. The Morgan fingerprint density at radius 1 is 1.06 bits per heavy atom. The Morgan fingerprint density at radius 2 is 1.84 bits per heavy atom. The van der Waals surface area contributed by atoms with Gasteiger partial charge >= 0.3 is 0 Å². The Kier molecular flexibility index (Phi) is 5.91. The van der Waals surface area contributed by atoms with Gasteiger partial charge in [0.25, 0.3) is 0 Å². The van der Waals surface area contributed by atoms with Gasteiger partial charge in [0.2, 0.25) is 0 Å². The van der Waals surface area contributed by atoms with E-state index < -0.39 is 0 Å². The van der Waals surface area contributed by atoms with E-state index in [2.05, 4.69) is 45.7 Å². The summed E-state index contributed by atoms with van der Waals surface area (Å²) in [6, 6.07) is 14.5. The van der Waals surface area contributed by atoms with E-state index in [1.54, 1.807) is 6.07 Å². The molecule has 32 heavy (non-hydrogen) atoms. The second kappa shape index (κ2) is 8.69. The lowest BCUT2D eigenvalue weighted by atomic mass is 9.95. The Morgan fingerprint density at radius 3 is 2.53 bits per heavy atom. The van der Waals surface area contributed by atoms with E-state index >= 15 is 0 Å². The van der Waals surface area contributed by atoms with Crippen LogP contribution in [0.15, 0.2) is 48.7 Å². The predicted molar refractivity (Wildman–Crippen MR) is 135 cm³/mol. The molecule has 1 aliphatic heterocycles. The third-order valence-electron chi connectivity index (χ3n) is 6.79. The molecule has 1 saturated carbocycles. The number of hydrogen-bond acceptors (Lipinski definition) is 2. The molecule has 0 bridgehead atoms. The monoisotopic (exact) mass is 484 g/mol. The van der Waals surface area contributed by atoms with Crippen LogP contribution < -0.4 is 5.32 Å². The van der Waals surface area contributed by atoms with Crippen molar-refractivity contribution in [1.29, 1.82) is 0 Å². The molecule has 3 aromatic rings. The van der Waals surface area contributed by atoms with Gasteiger partial charge in [-0.15, -0.1) is 0 Å². The van der Waals surface area contributed by atoms with E-state index in [1.807, 2.05) is 30.5 Å². The van der Waals surface area contributed by atoms with Gasteiger partial charge in [0.05, 0.1) is 28.5 Å². The fraction of sp³-hybridized carbons (Fsp3) is 0.360. The molecule has 166 valence electrons. The van der Waals surface area contributed by atoms with Crippen molar-refractivity contribution >= 4 is 40.5 Å². The standard InChI is InChI=1S/C25H26Cl2N4S/c1-15-13-19(16(2)30(15)22-11-10-17(26)14-20(22)27)24-23(21-9-5-6-12-28-21)29-25(32)31(24)18-7-3-4-8-18/h5-6,9-14,18,23-24H,3-4,7-8H2,1-2H3,(H,29,32)/t23-,24+/m0/s1. The minimum Gasteiger partial charge on any atom is -0.352 e. The van der Waals surface area contributed by atoms with Crippen molar-refractivity contribution < 1.29 is 0 Å². The molecule has 1 aliphatic carbocycles. The van der Waals surface area contributed by atoms with Crippen LogP contribution in [0.2, 0.25) is 10.0 Å². The van der Waals surface area contributed by atoms with Crippen LogP contribution in [-0.4, -0.2) is 25.6 Å². The van der Waals surface area contributed by atoms with Gasteiger partial charge in [-0.05, 0) is 80.9 Å². The summed E-state index contributed by atoms with van der Waals surface area (Å²) in [6.45, 7) is 4.29. The van der Waals surface area contributed by atoms with Crippen LogP contribution in [-0.2, 0) is 0 Å². The van der Waals surface area contributed by atoms with E-state index in [0.717, 1.165) is 27.9 Å². The van der Waals surface area contributed by atoms with Crippen molar-refractivity contribution in [3.8, 4) is 5.69 Å². The van der Waals surface area contributed by atoms with Gasteiger partial charge in [0.1, 0.15) is 0 Å². The van der Waals surface area contributed by atoms with Crippen molar-refractivity contribution in [3.63, 3.8) is 0 Å². The SMILES string of the molecule is Cc1cc([C@@H]2[C@H](c3ccccn3)NC(=S)N2C2CCCC2)c(C)n1-c1ccc(Cl)cc1Cl. The van der Waals surface area contributed by atoms with E-state index in [4.69, 9.17) is 35.4 Å². The van der Waals surface area contributed by atoms with Crippen LogP contribution >= 0.6 is 35.4 Å². The van der Waals surface area contributed by atoms with Crippen molar-refractivity contribution in [2.75, 3.05) is 0 Å². The zero-order chi connectivity index (χ0) is 22.4. The fourth-order valence-electron chi connectivity index (χ4n) is 5.39. The highest BCUT2D eigenvalue weighted by molar-refractivity contribution is 7.80. The van der Waals surface area contributed by atoms with Crippen molar-refractivity contribution in [1.82, 2.24) is 19.8 Å². The largest absolute Gasteiger partial charge is 0.352 e. The summed E-state index contributed by atoms with van der Waals surface area (Å²) in [4.78, 5) is 7.12. The number of hydrogen-bond donors (Lipinski definition) is 1. The molecule has 1 N–H and O–H groups in total. The molecular weight excluding hydrogens is 459 g/mol. The number of rotatable bonds is 4. The summed E-state index contributed by atoms with van der Waals surface area (Å²) < 4.78 is 2.22. The third-order valence-corrected chi connectivity index (χ3v) is 7.66. The first-order valence-electron chi connectivity index (χ1n) is 11.1. The highest BCUT2D eigenvalue weighted by Crippen LogP contribution is 2.45. The van der Waals surface area contributed by atoms with Crippen LogP contribution in [0.25, 0.3) is 5.69 Å². The normalized spacial score (nSPS) is 21.4. The van der Waals surface area contributed by atoms with Crippen molar-refractivity contribution in [2.45, 2.75) is 57.7 Å². The Hall–Kier alpha value is -2.08.